The second kappa shape index (κ2) is 7.26. The molecule has 0 radical (unpaired) electrons. The molecule has 0 aromatic heterocycles. The van der Waals surface area contributed by atoms with Crippen LogP contribution in [0.1, 0.15) is 35.7 Å². The predicted molar refractivity (Wildman–Crippen MR) is 77.0 cm³/mol. The Morgan fingerprint density at radius 3 is 2.75 bits per heavy atom. The highest BCUT2D eigenvalue weighted by atomic mass is 16.5. The van der Waals surface area contributed by atoms with E-state index in [0.29, 0.717) is 24.2 Å². The third kappa shape index (κ3) is 4.83. The molecular weight excluding hydrogens is 258 g/mol. The summed E-state index contributed by atoms with van der Waals surface area (Å²) >= 11 is 0. The van der Waals surface area contributed by atoms with Crippen molar-refractivity contribution in [3.05, 3.63) is 29.3 Å². The molecule has 3 N–H and O–H groups in total. The Balaban J connectivity index is 2.69. The Hall–Kier alpha value is -1.59. The van der Waals surface area contributed by atoms with Gasteiger partial charge in [0.25, 0.3) is 5.91 Å². The zero-order chi connectivity index (χ0) is 15.2. The minimum absolute atomic E-state index is 0.0236. The summed E-state index contributed by atoms with van der Waals surface area (Å²) in [5.74, 6) is 0.220. The van der Waals surface area contributed by atoms with Gasteiger partial charge in [0.2, 0.25) is 0 Å². The predicted octanol–water partition coefficient (Wildman–Crippen LogP) is 1.26. The maximum absolute atomic E-state index is 12.1. The van der Waals surface area contributed by atoms with Crippen LogP contribution in [0.5, 0.6) is 5.75 Å². The molecule has 0 saturated carbocycles. The van der Waals surface area contributed by atoms with Crippen molar-refractivity contribution in [2.45, 2.75) is 32.3 Å². The second-order valence-corrected chi connectivity index (χ2v) is 5.21. The first-order chi connectivity index (χ1) is 9.39. The number of benzene rings is 1. The van der Waals surface area contributed by atoms with Gasteiger partial charge in [-0.2, -0.15) is 0 Å². The van der Waals surface area contributed by atoms with E-state index in [4.69, 9.17) is 9.84 Å². The van der Waals surface area contributed by atoms with Crippen molar-refractivity contribution in [2.75, 3.05) is 20.3 Å². The van der Waals surface area contributed by atoms with Crippen LogP contribution in [0.25, 0.3) is 0 Å². The van der Waals surface area contributed by atoms with E-state index in [-0.39, 0.29) is 19.1 Å². The van der Waals surface area contributed by atoms with Gasteiger partial charge in [-0.1, -0.05) is 11.6 Å². The molecule has 0 bridgehead atoms. The normalized spacial score (nSPS) is 13.7. The number of aryl methyl sites for hydroxylation is 1. The third-order valence-electron chi connectivity index (χ3n) is 3.10. The van der Waals surface area contributed by atoms with Crippen LogP contribution in [0.15, 0.2) is 18.2 Å². The van der Waals surface area contributed by atoms with Gasteiger partial charge in [-0.05, 0) is 38.8 Å². The molecule has 112 valence electrons. The van der Waals surface area contributed by atoms with Crippen LogP contribution in [0.3, 0.4) is 0 Å². The molecule has 0 fully saturated rings. The fourth-order valence-corrected chi connectivity index (χ4v) is 1.91. The number of aliphatic hydroxyl groups is 2. The van der Waals surface area contributed by atoms with Crippen LogP contribution in [0.4, 0.5) is 0 Å². The zero-order valence-electron chi connectivity index (χ0n) is 12.3. The summed E-state index contributed by atoms with van der Waals surface area (Å²) in [5, 5.41) is 21.5. The molecular formula is C15H23NO4. The first-order valence-corrected chi connectivity index (χ1v) is 6.66. The number of carbonyl (C=O) groups is 1. The van der Waals surface area contributed by atoms with Gasteiger partial charge in [0.15, 0.2) is 0 Å². The molecule has 5 nitrogen and oxygen atoms in total. The highest BCUT2D eigenvalue weighted by Crippen LogP contribution is 2.20. The van der Waals surface area contributed by atoms with Gasteiger partial charge in [-0.25, -0.2) is 0 Å². The van der Waals surface area contributed by atoms with Crippen molar-refractivity contribution in [1.82, 2.24) is 5.32 Å². The second-order valence-electron chi connectivity index (χ2n) is 5.21. The number of carbonyl (C=O) groups excluding carboxylic acids is 1. The monoisotopic (exact) mass is 281 g/mol. The Morgan fingerprint density at radius 1 is 1.45 bits per heavy atom. The number of aliphatic hydroxyl groups excluding tert-OH is 1. The minimum Gasteiger partial charge on any atom is -0.496 e. The van der Waals surface area contributed by atoms with E-state index >= 15 is 0 Å². The van der Waals surface area contributed by atoms with E-state index in [1.165, 1.54) is 7.11 Å². The highest BCUT2D eigenvalue weighted by Gasteiger charge is 2.22. The number of hydrogen-bond acceptors (Lipinski definition) is 4. The lowest BCUT2D eigenvalue weighted by atomic mass is 10.00. The SMILES string of the molecule is COc1ccc(C)cc1C(=O)NCC(C)(O)CCCO. The van der Waals surface area contributed by atoms with Crippen LogP contribution >= 0.6 is 0 Å². The van der Waals surface area contributed by atoms with Gasteiger partial charge < -0.3 is 20.3 Å². The van der Waals surface area contributed by atoms with E-state index in [1.54, 1.807) is 19.1 Å². The van der Waals surface area contributed by atoms with E-state index in [0.717, 1.165) is 5.56 Å². The minimum atomic E-state index is -1.03. The Bertz CT molecular complexity index is 457. The first-order valence-electron chi connectivity index (χ1n) is 6.66. The van der Waals surface area contributed by atoms with Gasteiger partial charge >= 0.3 is 0 Å². The van der Waals surface area contributed by atoms with Gasteiger partial charge in [0.05, 0.1) is 18.3 Å². The summed E-state index contributed by atoms with van der Waals surface area (Å²) in [5.41, 5.74) is 0.378. The zero-order valence-corrected chi connectivity index (χ0v) is 12.3. The van der Waals surface area contributed by atoms with Gasteiger partial charge in [0, 0.05) is 13.2 Å². The van der Waals surface area contributed by atoms with Crippen LogP contribution in [0.2, 0.25) is 0 Å². The molecule has 0 saturated heterocycles. The number of nitrogens with one attached hydrogen (secondary N) is 1. The van der Waals surface area contributed by atoms with Crippen LogP contribution < -0.4 is 10.1 Å². The lowest BCUT2D eigenvalue weighted by Crippen LogP contribution is -2.40. The molecule has 1 unspecified atom stereocenters. The lowest BCUT2D eigenvalue weighted by Gasteiger charge is -2.23. The molecule has 0 heterocycles. The number of rotatable bonds is 7. The van der Waals surface area contributed by atoms with Crippen molar-refractivity contribution in [1.29, 1.82) is 0 Å². The molecule has 0 aliphatic heterocycles. The van der Waals surface area contributed by atoms with Crippen molar-refractivity contribution in [2.24, 2.45) is 0 Å². The number of amides is 1. The quantitative estimate of drug-likeness (QED) is 0.703. The lowest BCUT2D eigenvalue weighted by molar-refractivity contribution is 0.0414. The average Bonchev–Trinajstić information content (AvgIpc) is 2.42. The summed E-state index contributed by atoms with van der Waals surface area (Å²) < 4.78 is 5.16. The molecule has 1 atom stereocenters. The Labute approximate surface area is 119 Å². The number of hydrogen-bond donors (Lipinski definition) is 3. The molecule has 0 spiro atoms. The maximum Gasteiger partial charge on any atom is 0.255 e. The molecule has 5 heteroatoms. The van der Waals surface area contributed by atoms with E-state index < -0.39 is 5.60 Å². The highest BCUT2D eigenvalue weighted by molar-refractivity contribution is 5.97. The fraction of sp³-hybridized carbons (Fsp3) is 0.533. The summed E-state index contributed by atoms with van der Waals surface area (Å²) in [6, 6.07) is 5.36. The molecule has 1 amide bonds. The topological polar surface area (TPSA) is 78.8 Å². The molecule has 1 aromatic rings. The third-order valence-corrected chi connectivity index (χ3v) is 3.10. The Kier molecular flexibility index (Phi) is 5.98. The smallest absolute Gasteiger partial charge is 0.255 e. The van der Waals surface area contributed by atoms with E-state index in [9.17, 15) is 9.90 Å². The fourth-order valence-electron chi connectivity index (χ4n) is 1.91. The van der Waals surface area contributed by atoms with Crippen LogP contribution in [-0.2, 0) is 0 Å². The van der Waals surface area contributed by atoms with Crippen molar-refractivity contribution in [3.63, 3.8) is 0 Å². The summed E-state index contributed by atoms with van der Waals surface area (Å²) in [6.07, 6.45) is 0.922. The molecule has 0 aliphatic rings. The molecule has 1 aromatic carbocycles. The summed E-state index contributed by atoms with van der Waals surface area (Å²) in [6.45, 7) is 3.68. The van der Waals surface area contributed by atoms with E-state index in [2.05, 4.69) is 5.32 Å². The van der Waals surface area contributed by atoms with Crippen molar-refractivity contribution in [3.8, 4) is 5.75 Å². The summed E-state index contributed by atoms with van der Waals surface area (Å²) in [4.78, 5) is 12.1. The number of ether oxygens (including phenoxy) is 1. The molecule has 20 heavy (non-hydrogen) atoms. The van der Waals surface area contributed by atoms with Crippen LogP contribution in [0, 0.1) is 6.92 Å². The first kappa shape index (κ1) is 16.5. The van der Waals surface area contributed by atoms with E-state index in [1.807, 2.05) is 13.0 Å². The van der Waals surface area contributed by atoms with Gasteiger partial charge in [-0.3, -0.25) is 4.79 Å². The number of methoxy groups -OCH3 is 1. The standard InChI is InChI=1S/C15H23NO4/c1-11-5-6-13(20-3)12(9-11)14(18)16-10-15(2,19)7-4-8-17/h5-6,9,17,19H,4,7-8,10H2,1-3H3,(H,16,18). The largest absolute Gasteiger partial charge is 0.496 e. The van der Waals surface area contributed by atoms with Gasteiger partial charge in [-0.15, -0.1) is 0 Å². The van der Waals surface area contributed by atoms with Crippen molar-refractivity contribution >= 4 is 5.91 Å². The summed E-state index contributed by atoms with van der Waals surface area (Å²) in [7, 11) is 1.51. The average molecular weight is 281 g/mol. The van der Waals surface area contributed by atoms with Crippen LogP contribution in [-0.4, -0.2) is 42.0 Å². The maximum atomic E-state index is 12.1. The van der Waals surface area contributed by atoms with Crippen molar-refractivity contribution < 1.29 is 19.7 Å². The molecule has 1 rings (SSSR count). The Morgan fingerprint density at radius 2 is 2.15 bits per heavy atom. The molecule has 0 aliphatic carbocycles. The van der Waals surface area contributed by atoms with Gasteiger partial charge in [0.1, 0.15) is 5.75 Å².